The maximum Gasteiger partial charge on any atom is 0.241 e. The van der Waals surface area contributed by atoms with Crippen LogP contribution in [0.2, 0.25) is 5.02 Å². The minimum atomic E-state index is -0.0454. The molecule has 0 spiro atoms. The third kappa shape index (κ3) is 4.60. The van der Waals surface area contributed by atoms with Crippen molar-refractivity contribution < 1.29 is 9.32 Å². The van der Waals surface area contributed by atoms with Gasteiger partial charge >= 0.3 is 0 Å². The molecule has 1 fully saturated rings. The average Bonchev–Trinajstić information content (AvgIpc) is 3.39. The highest BCUT2D eigenvalue weighted by Crippen LogP contribution is 2.23. The van der Waals surface area contributed by atoms with Crippen LogP contribution in [0.4, 0.5) is 0 Å². The number of rotatable bonds is 6. The van der Waals surface area contributed by atoms with E-state index in [1.54, 1.807) is 11.3 Å². The molecule has 1 amide bonds. The first-order valence-electron chi connectivity index (χ1n) is 9.29. The summed E-state index contributed by atoms with van der Waals surface area (Å²) >= 11 is 7.75. The zero-order valence-corrected chi connectivity index (χ0v) is 16.9. The van der Waals surface area contributed by atoms with Crippen LogP contribution in [-0.2, 0) is 17.9 Å². The number of nitrogens with one attached hydrogen (secondary N) is 1. The summed E-state index contributed by atoms with van der Waals surface area (Å²) < 4.78 is 5.39. The summed E-state index contributed by atoms with van der Waals surface area (Å²) in [5.41, 5.74) is 0.928. The third-order valence-electron chi connectivity index (χ3n) is 4.86. The van der Waals surface area contributed by atoms with Gasteiger partial charge in [-0.05, 0) is 42.5 Å². The van der Waals surface area contributed by atoms with Gasteiger partial charge in [-0.25, -0.2) is 0 Å². The molecule has 146 valence electrons. The van der Waals surface area contributed by atoms with Crippen molar-refractivity contribution in [2.24, 2.45) is 5.92 Å². The number of nitrogens with zero attached hydrogens (tertiary/aromatic N) is 3. The van der Waals surface area contributed by atoms with E-state index in [1.165, 1.54) is 0 Å². The number of hydrogen-bond donors (Lipinski definition) is 1. The van der Waals surface area contributed by atoms with Gasteiger partial charge in [0.15, 0.2) is 0 Å². The van der Waals surface area contributed by atoms with Gasteiger partial charge in [0.25, 0.3) is 0 Å². The maximum absolute atomic E-state index is 12.6. The molecular formula is C20H21ClN4O2S. The summed E-state index contributed by atoms with van der Waals surface area (Å²) in [6.07, 6.45) is 1.85. The lowest BCUT2D eigenvalue weighted by atomic mass is 9.97. The summed E-state index contributed by atoms with van der Waals surface area (Å²) in [5, 5.41) is 9.73. The maximum atomic E-state index is 12.6. The molecule has 1 aliphatic rings. The predicted molar refractivity (Wildman–Crippen MR) is 109 cm³/mol. The number of benzene rings is 1. The predicted octanol–water partition coefficient (Wildman–Crippen LogP) is 3.98. The van der Waals surface area contributed by atoms with Crippen molar-refractivity contribution in [2.45, 2.75) is 25.9 Å². The number of likely N-dealkylation sites (tertiary alicyclic amines) is 1. The van der Waals surface area contributed by atoms with Gasteiger partial charge in [-0.3, -0.25) is 9.69 Å². The zero-order chi connectivity index (χ0) is 19.3. The van der Waals surface area contributed by atoms with E-state index in [2.05, 4.69) is 20.4 Å². The Morgan fingerprint density at radius 2 is 2.21 bits per heavy atom. The second kappa shape index (κ2) is 8.86. The quantitative estimate of drug-likeness (QED) is 0.658. The number of amides is 1. The summed E-state index contributed by atoms with van der Waals surface area (Å²) in [4.78, 5) is 20.3. The molecule has 1 atom stereocenters. The largest absolute Gasteiger partial charge is 0.352 e. The second-order valence-electron chi connectivity index (χ2n) is 6.87. The molecule has 1 unspecified atom stereocenters. The number of hydrogen-bond acceptors (Lipinski definition) is 6. The molecule has 0 bridgehead atoms. The van der Waals surface area contributed by atoms with E-state index in [4.69, 9.17) is 16.1 Å². The van der Waals surface area contributed by atoms with Gasteiger partial charge in [0.2, 0.25) is 17.6 Å². The SMILES string of the molecule is O=C(NCc1ccccc1Cl)C1CCCN(Cc2nc(-c3cccs3)no2)C1. The van der Waals surface area contributed by atoms with Crippen molar-refractivity contribution >= 4 is 28.8 Å². The highest BCUT2D eigenvalue weighted by molar-refractivity contribution is 7.13. The monoisotopic (exact) mass is 416 g/mol. The molecule has 2 aromatic heterocycles. The van der Waals surface area contributed by atoms with Gasteiger partial charge in [0.05, 0.1) is 17.3 Å². The van der Waals surface area contributed by atoms with Crippen LogP contribution in [0.15, 0.2) is 46.3 Å². The van der Waals surface area contributed by atoms with Crippen LogP contribution >= 0.6 is 22.9 Å². The molecule has 0 saturated carbocycles. The molecule has 1 saturated heterocycles. The Morgan fingerprint density at radius 1 is 1.32 bits per heavy atom. The number of carbonyl (C=O) groups excluding carboxylic acids is 1. The van der Waals surface area contributed by atoms with Gasteiger partial charge in [-0.2, -0.15) is 4.98 Å². The summed E-state index contributed by atoms with van der Waals surface area (Å²) in [7, 11) is 0. The number of piperidine rings is 1. The van der Waals surface area contributed by atoms with Gasteiger partial charge < -0.3 is 9.84 Å². The van der Waals surface area contributed by atoms with Crippen LogP contribution in [-0.4, -0.2) is 34.0 Å². The van der Waals surface area contributed by atoms with E-state index in [9.17, 15) is 4.79 Å². The molecule has 3 heterocycles. The summed E-state index contributed by atoms with van der Waals surface area (Å²) in [5.74, 6) is 1.22. The fraction of sp³-hybridized carbons (Fsp3) is 0.350. The van der Waals surface area contributed by atoms with Crippen LogP contribution in [0, 0.1) is 5.92 Å². The minimum Gasteiger partial charge on any atom is -0.352 e. The Labute approximate surface area is 172 Å². The van der Waals surface area contributed by atoms with Crippen molar-refractivity contribution in [1.29, 1.82) is 0 Å². The normalized spacial score (nSPS) is 17.5. The Balaban J connectivity index is 1.31. The van der Waals surface area contributed by atoms with E-state index in [0.29, 0.717) is 36.4 Å². The Hall–Kier alpha value is -2.22. The van der Waals surface area contributed by atoms with Gasteiger partial charge in [0.1, 0.15) is 0 Å². The molecule has 4 rings (SSSR count). The van der Waals surface area contributed by atoms with Crippen LogP contribution in [0.1, 0.15) is 24.3 Å². The molecular weight excluding hydrogens is 396 g/mol. The van der Waals surface area contributed by atoms with Crippen molar-refractivity contribution in [1.82, 2.24) is 20.4 Å². The van der Waals surface area contributed by atoms with E-state index >= 15 is 0 Å². The van der Waals surface area contributed by atoms with Gasteiger partial charge in [0, 0.05) is 18.1 Å². The molecule has 0 radical (unpaired) electrons. The van der Waals surface area contributed by atoms with Crippen LogP contribution in [0.5, 0.6) is 0 Å². The van der Waals surface area contributed by atoms with Crippen molar-refractivity contribution in [3.05, 3.63) is 58.3 Å². The summed E-state index contributed by atoms with van der Waals surface area (Å²) in [6.45, 7) is 2.62. The molecule has 1 aliphatic heterocycles. The lowest BCUT2D eigenvalue weighted by Crippen LogP contribution is -2.42. The smallest absolute Gasteiger partial charge is 0.241 e. The topological polar surface area (TPSA) is 71.3 Å². The first-order chi connectivity index (χ1) is 13.7. The number of thiophene rings is 1. The third-order valence-corrected chi connectivity index (χ3v) is 6.09. The second-order valence-corrected chi connectivity index (χ2v) is 8.23. The molecule has 1 N–H and O–H groups in total. The number of carbonyl (C=O) groups is 1. The standard InChI is InChI=1S/C20H21ClN4O2S/c21-16-7-2-1-5-14(16)11-22-20(26)15-6-3-9-25(12-15)13-18-23-19(24-27-18)17-8-4-10-28-17/h1-2,4-5,7-8,10,15H,3,6,9,11-13H2,(H,22,26). The average molecular weight is 417 g/mol. The van der Waals surface area contributed by atoms with Crippen molar-refractivity contribution in [2.75, 3.05) is 13.1 Å². The fourth-order valence-corrected chi connectivity index (χ4v) is 4.25. The fourth-order valence-electron chi connectivity index (χ4n) is 3.40. The highest BCUT2D eigenvalue weighted by atomic mass is 35.5. The lowest BCUT2D eigenvalue weighted by molar-refractivity contribution is -0.127. The van der Waals surface area contributed by atoms with E-state index < -0.39 is 0 Å². The van der Waals surface area contributed by atoms with Crippen LogP contribution < -0.4 is 5.32 Å². The van der Waals surface area contributed by atoms with E-state index in [0.717, 1.165) is 29.8 Å². The van der Waals surface area contributed by atoms with Crippen LogP contribution in [0.3, 0.4) is 0 Å². The molecule has 1 aromatic carbocycles. The lowest BCUT2D eigenvalue weighted by Gasteiger charge is -2.30. The molecule has 6 nitrogen and oxygen atoms in total. The zero-order valence-electron chi connectivity index (χ0n) is 15.3. The Morgan fingerprint density at radius 3 is 3.04 bits per heavy atom. The first-order valence-corrected chi connectivity index (χ1v) is 10.5. The Bertz CT molecular complexity index is 928. The van der Waals surface area contributed by atoms with E-state index in [-0.39, 0.29) is 11.8 Å². The number of halogens is 1. The molecule has 8 heteroatoms. The first kappa shape index (κ1) is 19.1. The number of aromatic nitrogens is 2. The molecule has 3 aromatic rings. The Kier molecular flexibility index (Phi) is 6.04. The van der Waals surface area contributed by atoms with E-state index in [1.807, 2.05) is 41.8 Å². The molecule has 0 aliphatic carbocycles. The van der Waals surface area contributed by atoms with Gasteiger partial charge in [-0.1, -0.05) is 41.0 Å². The highest BCUT2D eigenvalue weighted by Gasteiger charge is 2.27. The van der Waals surface area contributed by atoms with Crippen molar-refractivity contribution in [3.8, 4) is 10.7 Å². The van der Waals surface area contributed by atoms with Gasteiger partial charge in [-0.15, -0.1) is 11.3 Å². The molecule has 28 heavy (non-hydrogen) atoms. The summed E-state index contributed by atoms with van der Waals surface area (Å²) in [6, 6.07) is 11.5. The van der Waals surface area contributed by atoms with Crippen LogP contribution in [0.25, 0.3) is 10.7 Å². The minimum absolute atomic E-state index is 0.0454. The van der Waals surface area contributed by atoms with Crippen molar-refractivity contribution in [3.63, 3.8) is 0 Å².